The molecule has 6 nitrogen and oxygen atoms in total. The van der Waals surface area contributed by atoms with Crippen molar-refractivity contribution >= 4 is 17.7 Å². The molecule has 0 aliphatic rings. The van der Waals surface area contributed by atoms with Gasteiger partial charge in [0.1, 0.15) is 5.75 Å². The Hall–Kier alpha value is -2.24. The Morgan fingerprint density at radius 2 is 2.00 bits per heavy atom. The summed E-state index contributed by atoms with van der Waals surface area (Å²) < 4.78 is 5.10. The highest BCUT2D eigenvalue weighted by molar-refractivity contribution is 5.90. The van der Waals surface area contributed by atoms with Crippen LogP contribution in [0.15, 0.2) is 24.3 Å². The number of urea groups is 1. The van der Waals surface area contributed by atoms with Gasteiger partial charge in [-0.1, -0.05) is 31.9 Å². The third kappa shape index (κ3) is 6.08. The van der Waals surface area contributed by atoms with Crippen LogP contribution < -0.4 is 15.4 Å². The summed E-state index contributed by atoms with van der Waals surface area (Å²) in [6.45, 7) is 2.25. The lowest BCUT2D eigenvalue weighted by atomic mass is 10.2. The number of carboxylic acids is 1. The van der Waals surface area contributed by atoms with Crippen molar-refractivity contribution in [3.63, 3.8) is 0 Å². The first-order valence-electron chi connectivity index (χ1n) is 6.62. The summed E-state index contributed by atoms with van der Waals surface area (Å²) in [4.78, 5) is 22.2. The average molecular weight is 280 g/mol. The van der Waals surface area contributed by atoms with Crippen LogP contribution in [0.5, 0.6) is 5.75 Å². The first-order chi connectivity index (χ1) is 9.63. The Morgan fingerprint density at radius 1 is 1.25 bits per heavy atom. The summed E-state index contributed by atoms with van der Waals surface area (Å²) in [5, 5.41) is 14.0. The maximum Gasteiger partial charge on any atom is 0.341 e. The third-order valence-electron chi connectivity index (χ3n) is 2.55. The molecule has 0 fully saturated rings. The van der Waals surface area contributed by atoms with Gasteiger partial charge in [-0.25, -0.2) is 9.59 Å². The molecule has 0 aliphatic heterocycles. The van der Waals surface area contributed by atoms with E-state index in [4.69, 9.17) is 9.84 Å². The van der Waals surface area contributed by atoms with Crippen LogP contribution in [0.4, 0.5) is 10.5 Å². The fraction of sp³-hybridized carbons (Fsp3) is 0.429. The number of amides is 2. The van der Waals surface area contributed by atoms with Crippen molar-refractivity contribution in [3.8, 4) is 5.75 Å². The molecule has 1 rings (SSSR count). The van der Waals surface area contributed by atoms with E-state index in [-0.39, 0.29) is 6.03 Å². The van der Waals surface area contributed by atoms with Crippen LogP contribution in [0.3, 0.4) is 0 Å². The molecule has 0 aromatic heterocycles. The summed E-state index contributed by atoms with van der Waals surface area (Å²) in [6.07, 6.45) is 3.09. The van der Waals surface area contributed by atoms with Gasteiger partial charge in [-0.3, -0.25) is 0 Å². The van der Waals surface area contributed by atoms with Crippen molar-refractivity contribution in [2.24, 2.45) is 0 Å². The van der Waals surface area contributed by atoms with Crippen molar-refractivity contribution in [2.75, 3.05) is 18.5 Å². The van der Waals surface area contributed by atoms with E-state index in [0.717, 1.165) is 19.3 Å². The van der Waals surface area contributed by atoms with Crippen LogP contribution in [-0.4, -0.2) is 30.3 Å². The highest BCUT2D eigenvalue weighted by Gasteiger charge is 2.08. The molecule has 0 bridgehead atoms. The topological polar surface area (TPSA) is 87.7 Å². The molecule has 1 aromatic carbocycles. The van der Waals surface area contributed by atoms with Crippen molar-refractivity contribution in [1.29, 1.82) is 0 Å². The van der Waals surface area contributed by atoms with E-state index in [1.54, 1.807) is 24.3 Å². The van der Waals surface area contributed by atoms with E-state index >= 15 is 0 Å². The minimum atomic E-state index is -1.07. The van der Waals surface area contributed by atoms with E-state index < -0.39 is 12.6 Å². The lowest BCUT2D eigenvalue weighted by Crippen LogP contribution is -2.29. The van der Waals surface area contributed by atoms with Gasteiger partial charge >= 0.3 is 12.0 Å². The zero-order valence-corrected chi connectivity index (χ0v) is 11.5. The number of benzene rings is 1. The van der Waals surface area contributed by atoms with Crippen LogP contribution >= 0.6 is 0 Å². The molecule has 20 heavy (non-hydrogen) atoms. The minimum absolute atomic E-state index is 0.326. The molecule has 0 unspecified atom stereocenters. The second kappa shape index (κ2) is 8.79. The first kappa shape index (κ1) is 15.8. The molecule has 6 heteroatoms. The highest BCUT2D eigenvalue weighted by Crippen LogP contribution is 2.23. The lowest BCUT2D eigenvalue weighted by molar-refractivity contribution is -0.139. The van der Waals surface area contributed by atoms with Gasteiger partial charge in [0.25, 0.3) is 0 Å². The Morgan fingerprint density at radius 3 is 2.70 bits per heavy atom. The number of hydrogen-bond donors (Lipinski definition) is 3. The molecule has 0 heterocycles. The van der Waals surface area contributed by atoms with Crippen LogP contribution in [0.25, 0.3) is 0 Å². The second-order valence-corrected chi connectivity index (χ2v) is 4.27. The summed E-state index contributed by atoms with van der Waals surface area (Å²) >= 11 is 0. The predicted molar refractivity (Wildman–Crippen MR) is 76.1 cm³/mol. The SMILES string of the molecule is CCCCCNC(=O)Nc1ccccc1OCC(=O)O. The highest BCUT2D eigenvalue weighted by atomic mass is 16.5. The zero-order valence-electron chi connectivity index (χ0n) is 11.5. The normalized spacial score (nSPS) is 9.85. The van der Waals surface area contributed by atoms with E-state index in [1.807, 2.05) is 0 Å². The number of carbonyl (C=O) groups is 2. The van der Waals surface area contributed by atoms with Gasteiger partial charge in [-0.15, -0.1) is 0 Å². The summed E-state index contributed by atoms with van der Waals surface area (Å²) in [6, 6.07) is 6.38. The number of carboxylic acid groups (broad SMARTS) is 1. The van der Waals surface area contributed by atoms with Gasteiger partial charge in [0.05, 0.1) is 5.69 Å². The molecule has 3 N–H and O–H groups in total. The Labute approximate surface area is 118 Å². The second-order valence-electron chi connectivity index (χ2n) is 4.27. The molecule has 110 valence electrons. The summed E-state index contributed by atoms with van der Waals surface area (Å²) in [7, 11) is 0. The maximum absolute atomic E-state index is 11.7. The number of ether oxygens (including phenoxy) is 1. The van der Waals surface area contributed by atoms with Crippen LogP contribution in [-0.2, 0) is 4.79 Å². The molecule has 0 saturated carbocycles. The lowest BCUT2D eigenvalue weighted by Gasteiger charge is -2.11. The molecule has 1 aromatic rings. The van der Waals surface area contributed by atoms with Crippen molar-refractivity contribution in [2.45, 2.75) is 26.2 Å². The quantitative estimate of drug-likeness (QED) is 0.638. The number of rotatable bonds is 8. The number of anilines is 1. The monoisotopic (exact) mass is 280 g/mol. The number of hydrogen-bond acceptors (Lipinski definition) is 3. The van der Waals surface area contributed by atoms with Gasteiger partial charge in [0, 0.05) is 6.54 Å². The number of para-hydroxylation sites is 2. The maximum atomic E-state index is 11.7. The Kier molecular flexibility index (Phi) is 6.95. The molecule has 2 amide bonds. The van der Waals surface area contributed by atoms with Crippen LogP contribution in [0.2, 0.25) is 0 Å². The van der Waals surface area contributed by atoms with Crippen molar-refractivity contribution in [3.05, 3.63) is 24.3 Å². The van der Waals surface area contributed by atoms with E-state index in [2.05, 4.69) is 17.6 Å². The van der Waals surface area contributed by atoms with Crippen molar-refractivity contribution in [1.82, 2.24) is 5.32 Å². The standard InChI is InChI=1S/C14H20N2O4/c1-2-3-6-9-15-14(19)16-11-7-4-5-8-12(11)20-10-13(17)18/h4-5,7-8H,2-3,6,9-10H2,1H3,(H,17,18)(H2,15,16,19). The summed E-state index contributed by atoms with van der Waals surface area (Å²) in [5.74, 6) is -0.734. The number of aliphatic carboxylic acids is 1. The fourth-order valence-corrected chi connectivity index (χ4v) is 1.58. The van der Waals surface area contributed by atoms with Crippen molar-refractivity contribution < 1.29 is 19.4 Å². The molecule has 0 saturated heterocycles. The molecule has 0 aliphatic carbocycles. The third-order valence-corrected chi connectivity index (χ3v) is 2.55. The Bertz CT molecular complexity index is 449. The van der Waals surface area contributed by atoms with Gasteiger partial charge in [0.2, 0.25) is 0 Å². The molecule has 0 radical (unpaired) electrons. The zero-order chi connectivity index (χ0) is 14.8. The average Bonchev–Trinajstić information content (AvgIpc) is 2.42. The number of nitrogens with one attached hydrogen (secondary N) is 2. The fourth-order valence-electron chi connectivity index (χ4n) is 1.58. The Balaban J connectivity index is 2.49. The largest absolute Gasteiger partial charge is 0.480 e. The van der Waals surface area contributed by atoms with E-state index in [1.165, 1.54) is 0 Å². The van der Waals surface area contributed by atoms with Gasteiger partial charge in [-0.05, 0) is 18.6 Å². The summed E-state index contributed by atoms with van der Waals surface area (Å²) in [5.41, 5.74) is 0.446. The van der Waals surface area contributed by atoms with Gasteiger partial charge in [0.15, 0.2) is 6.61 Å². The smallest absolute Gasteiger partial charge is 0.341 e. The van der Waals surface area contributed by atoms with Gasteiger partial charge in [-0.2, -0.15) is 0 Å². The molecular formula is C14H20N2O4. The van der Waals surface area contributed by atoms with Crippen LogP contribution in [0.1, 0.15) is 26.2 Å². The molecule has 0 spiro atoms. The molecular weight excluding hydrogens is 260 g/mol. The first-order valence-corrected chi connectivity index (χ1v) is 6.62. The predicted octanol–water partition coefficient (Wildman–Crippen LogP) is 2.46. The van der Waals surface area contributed by atoms with Gasteiger partial charge < -0.3 is 20.5 Å². The van der Waals surface area contributed by atoms with Crippen LogP contribution in [0, 0.1) is 0 Å². The number of unbranched alkanes of at least 4 members (excludes halogenated alkanes) is 2. The number of carbonyl (C=O) groups excluding carboxylic acids is 1. The van der Waals surface area contributed by atoms with E-state index in [0.29, 0.717) is 18.0 Å². The molecule has 0 atom stereocenters. The van der Waals surface area contributed by atoms with E-state index in [9.17, 15) is 9.59 Å². The minimum Gasteiger partial charge on any atom is -0.480 e.